The zero-order valence-corrected chi connectivity index (χ0v) is 20.3. The summed E-state index contributed by atoms with van der Waals surface area (Å²) in [5.74, 6) is -0.859. The average Bonchev–Trinajstić information content (AvgIpc) is 2.51. The summed E-state index contributed by atoms with van der Waals surface area (Å²) in [6, 6.07) is 0. The van der Waals surface area contributed by atoms with E-state index in [-0.39, 0.29) is 42.2 Å². The predicted molar refractivity (Wildman–Crippen MR) is 115 cm³/mol. The second-order valence-electron chi connectivity index (χ2n) is 10.0. The van der Waals surface area contributed by atoms with Crippen molar-refractivity contribution in [1.82, 2.24) is 0 Å². The summed E-state index contributed by atoms with van der Waals surface area (Å²) in [6.07, 6.45) is 1.35. The van der Waals surface area contributed by atoms with Crippen molar-refractivity contribution < 1.29 is 28.3 Å². The number of hydrogen-bond acceptors (Lipinski definition) is 6. The number of ether oxygens (including phenoxy) is 2. The maximum atomic E-state index is 12.6. The minimum Gasteiger partial charge on any atom is -0.462 e. The van der Waals surface area contributed by atoms with Gasteiger partial charge in [0, 0.05) is 26.2 Å². The fourth-order valence-corrected chi connectivity index (χ4v) is 4.54. The smallest absolute Gasteiger partial charge is 0.308 e. The monoisotopic (exact) mass is 426 g/mol. The van der Waals surface area contributed by atoms with Crippen LogP contribution in [0.25, 0.3) is 0 Å². The summed E-state index contributed by atoms with van der Waals surface area (Å²) >= 11 is 0. The Bertz CT molecular complexity index is 632. The molecular weight excluding hydrogens is 388 g/mol. The van der Waals surface area contributed by atoms with Crippen LogP contribution < -0.4 is 0 Å². The quantitative estimate of drug-likeness (QED) is 0.305. The molecular formula is C22H38O6Si. The lowest BCUT2D eigenvalue weighted by Gasteiger charge is -2.42. The molecule has 0 aliphatic carbocycles. The van der Waals surface area contributed by atoms with Gasteiger partial charge in [-0.3, -0.25) is 14.4 Å². The number of carbonyl (C=O) groups excluding carboxylic acids is 3. The van der Waals surface area contributed by atoms with E-state index in [9.17, 15) is 14.4 Å². The van der Waals surface area contributed by atoms with Crippen molar-refractivity contribution in [2.24, 2.45) is 5.41 Å². The molecule has 0 radical (unpaired) electrons. The van der Waals surface area contributed by atoms with Crippen LogP contribution in [-0.4, -0.2) is 44.4 Å². The number of hydrogen-bond donors (Lipinski definition) is 0. The van der Waals surface area contributed by atoms with Gasteiger partial charge in [-0.1, -0.05) is 26.8 Å². The molecule has 6 nitrogen and oxygen atoms in total. The maximum Gasteiger partial charge on any atom is 0.308 e. The summed E-state index contributed by atoms with van der Waals surface area (Å²) in [4.78, 5) is 36.5. The molecule has 166 valence electrons. The summed E-state index contributed by atoms with van der Waals surface area (Å²) in [6.45, 7) is 19.2. The van der Waals surface area contributed by atoms with E-state index in [1.807, 2.05) is 0 Å². The van der Waals surface area contributed by atoms with E-state index in [1.54, 1.807) is 19.9 Å². The van der Waals surface area contributed by atoms with E-state index in [4.69, 9.17) is 13.9 Å². The first-order valence-corrected chi connectivity index (χ1v) is 13.2. The maximum absolute atomic E-state index is 12.6. The average molecular weight is 427 g/mol. The molecule has 0 saturated carbocycles. The van der Waals surface area contributed by atoms with E-state index < -0.39 is 31.9 Å². The molecule has 0 unspecified atom stereocenters. The van der Waals surface area contributed by atoms with Gasteiger partial charge in [-0.15, -0.1) is 6.58 Å². The van der Waals surface area contributed by atoms with E-state index in [2.05, 4.69) is 40.4 Å². The molecule has 0 aromatic carbocycles. The molecule has 3 atom stereocenters. The van der Waals surface area contributed by atoms with Crippen LogP contribution in [0, 0.1) is 5.41 Å². The molecule has 1 fully saturated rings. The Morgan fingerprint density at radius 2 is 1.86 bits per heavy atom. The van der Waals surface area contributed by atoms with Crippen molar-refractivity contribution in [3.8, 4) is 0 Å². The van der Waals surface area contributed by atoms with Crippen LogP contribution in [0.2, 0.25) is 18.1 Å². The Hall–Kier alpha value is -1.47. The number of esters is 2. The zero-order chi connectivity index (χ0) is 22.6. The largest absolute Gasteiger partial charge is 0.462 e. The number of cyclic esters (lactones) is 1. The molecule has 29 heavy (non-hydrogen) atoms. The SMILES string of the molecule is C=CCC(=O)C(C)(C)[C@H](C[C@H]1C[C@@H](O[Si](C)(C)C(C)(C)C)CC(=O)O1)OC(C)=O. The number of carbonyl (C=O) groups is 3. The van der Waals surface area contributed by atoms with Crippen molar-refractivity contribution >= 4 is 26.0 Å². The van der Waals surface area contributed by atoms with Gasteiger partial charge in [-0.2, -0.15) is 0 Å². The highest BCUT2D eigenvalue weighted by Crippen LogP contribution is 2.39. The van der Waals surface area contributed by atoms with E-state index in [1.165, 1.54) is 6.92 Å². The predicted octanol–water partition coefficient (Wildman–Crippen LogP) is 4.58. The summed E-state index contributed by atoms with van der Waals surface area (Å²) in [5.41, 5.74) is -0.917. The Balaban J connectivity index is 2.98. The third kappa shape index (κ3) is 7.06. The van der Waals surface area contributed by atoms with Crippen molar-refractivity contribution in [1.29, 1.82) is 0 Å². The van der Waals surface area contributed by atoms with Gasteiger partial charge in [0.15, 0.2) is 8.32 Å². The highest BCUT2D eigenvalue weighted by molar-refractivity contribution is 6.74. The normalized spacial score (nSPS) is 21.9. The summed E-state index contributed by atoms with van der Waals surface area (Å²) < 4.78 is 17.5. The van der Waals surface area contributed by atoms with Crippen molar-refractivity contribution in [3.63, 3.8) is 0 Å². The van der Waals surface area contributed by atoms with Gasteiger partial charge >= 0.3 is 11.9 Å². The van der Waals surface area contributed by atoms with Crippen LogP contribution in [0.15, 0.2) is 12.7 Å². The van der Waals surface area contributed by atoms with Crippen LogP contribution in [0.5, 0.6) is 0 Å². The van der Waals surface area contributed by atoms with E-state index in [0.29, 0.717) is 6.42 Å². The molecule has 0 N–H and O–H groups in total. The molecule has 1 heterocycles. The minimum absolute atomic E-state index is 0.0310. The first kappa shape index (κ1) is 25.6. The Kier molecular flexibility index (Phi) is 8.43. The molecule has 0 spiro atoms. The standard InChI is InChI=1S/C22H38O6Si/c1-10-11-18(24)22(6,7)19(26-15(2)23)13-16-12-17(14-20(25)27-16)28-29(8,9)21(3,4)5/h10,16-17,19H,1,11-14H2,2-9H3/t16-,17-,19+/m1/s1. The molecule has 0 aromatic heterocycles. The number of allylic oxidation sites excluding steroid dienone is 1. The molecule has 0 aromatic rings. The van der Waals surface area contributed by atoms with Gasteiger partial charge in [0.2, 0.25) is 0 Å². The van der Waals surface area contributed by atoms with E-state index >= 15 is 0 Å². The summed E-state index contributed by atoms with van der Waals surface area (Å²) in [5, 5.41) is 0.0310. The Morgan fingerprint density at radius 1 is 1.28 bits per heavy atom. The zero-order valence-electron chi connectivity index (χ0n) is 19.3. The molecule has 0 bridgehead atoms. The summed E-state index contributed by atoms with van der Waals surface area (Å²) in [7, 11) is -2.04. The highest BCUT2D eigenvalue weighted by atomic mass is 28.4. The lowest BCUT2D eigenvalue weighted by molar-refractivity contribution is -0.168. The lowest BCUT2D eigenvalue weighted by atomic mass is 9.77. The van der Waals surface area contributed by atoms with E-state index in [0.717, 1.165) is 0 Å². The highest BCUT2D eigenvalue weighted by Gasteiger charge is 2.44. The van der Waals surface area contributed by atoms with Gasteiger partial charge < -0.3 is 13.9 Å². The van der Waals surface area contributed by atoms with Gasteiger partial charge in [-0.05, 0) is 32.0 Å². The van der Waals surface area contributed by atoms with Crippen LogP contribution in [0.1, 0.15) is 67.2 Å². The molecule has 1 aliphatic rings. The Morgan fingerprint density at radius 3 is 2.34 bits per heavy atom. The topological polar surface area (TPSA) is 78.9 Å². The lowest BCUT2D eigenvalue weighted by Crippen LogP contribution is -2.48. The third-order valence-corrected chi connectivity index (χ3v) is 10.7. The third-order valence-electron chi connectivity index (χ3n) is 6.12. The first-order chi connectivity index (χ1) is 13.1. The van der Waals surface area contributed by atoms with Crippen LogP contribution in [0.3, 0.4) is 0 Å². The fourth-order valence-electron chi connectivity index (χ4n) is 3.17. The first-order valence-electron chi connectivity index (χ1n) is 10.3. The number of ketones is 1. The molecule has 1 rings (SSSR count). The van der Waals surface area contributed by atoms with Gasteiger partial charge in [0.25, 0.3) is 0 Å². The fraction of sp³-hybridized carbons (Fsp3) is 0.773. The van der Waals surface area contributed by atoms with Crippen molar-refractivity contribution in [3.05, 3.63) is 12.7 Å². The second-order valence-corrected chi connectivity index (χ2v) is 14.8. The minimum atomic E-state index is -2.04. The van der Waals surface area contributed by atoms with Gasteiger partial charge in [-0.25, -0.2) is 0 Å². The molecule has 1 aliphatic heterocycles. The second kappa shape index (κ2) is 9.56. The van der Waals surface area contributed by atoms with Gasteiger partial charge in [0.1, 0.15) is 18.0 Å². The van der Waals surface area contributed by atoms with Crippen molar-refractivity contribution in [2.45, 2.75) is 104 Å². The molecule has 0 amide bonds. The number of rotatable bonds is 9. The Labute approximate surface area is 176 Å². The van der Waals surface area contributed by atoms with Gasteiger partial charge in [0.05, 0.1) is 17.9 Å². The molecule has 1 saturated heterocycles. The van der Waals surface area contributed by atoms with Crippen molar-refractivity contribution in [2.75, 3.05) is 0 Å². The number of Topliss-reactive ketones (excluding diaryl/α,β-unsaturated/α-hetero) is 1. The van der Waals surface area contributed by atoms with Crippen LogP contribution in [0.4, 0.5) is 0 Å². The molecule has 7 heteroatoms. The van der Waals surface area contributed by atoms with Crippen LogP contribution in [-0.2, 0) is 28.3 Å². The van der Waals surface area contributed by atoms with Crippen LogP contribution >= 0.6 is 0 Å².